The second kappa shape index (κ2) is 41.1. The Morgan fingerprint density at radius 1 is 0.484 bits per heavy atom. The highest BCUT2D eigenvalue weighted by Gasteiger charge is 2.35. The number of aliphatic hydroxyl groups is 2. The predicted octanol–water partition coefficient (Wildman–Crippen LogP) is 2.57. The summed E-state index contributed by atoms with van der Waals surface area (Å²) in [7, 11) is 0. The normalized spacial score (nSPS) is 17.2. The number of phenolic OH excluding ortho intramolecular Hbond substituents is 1. The number of piperidine rings is 2. The summed E-state index contributed by atoms with van der Waals surface area (Å²) < 4.78 is 6.04. The lowest BCUT2D eigenvalue weighted by Gasteiger charge is -2.34. The number of amides is 12. The Balaban J connectivity index is 0.687. The van der Waals surface area contributed by atoms with E-state index in [4.69, 9.17) is 42.3 Å². The summed E-state index contributed by atoms with van der Waals surface area (Å²) in [6, 6.07) is 24.9. The monoisotopic (exact) mass is 1750 g/mol. The van der Waals surface area contributed by atoms with Gasteiger partial charge in [0, 0.05) is 131 Å². The van der Waals surface area contributed by atoms with Crippen molar-refractivity contribution in [2.45, 2.75) is 101 Å². The molecule has 2 saturated heterocycles. The molecular formula is C87H96N22O19. The molecule has 7 aromatic rings. The van der Waals surface area contributed by atoms with Gasteiger partial charge in [0.25, 0.3) is 11.8 Å². The average molecular weight is 1750 g/mol. The first kappa shape index (κ1) is 90.5. The van der Waals surface area contributed by atoms with Crippen molar-refractivity contribution < 1.29 is 87.2 Å². The molecule has 1 aliphatic carbocycles. The number of unbranched alkanes of at least 4 members (excludes halogenated alkanes) is 2. The molecule has 1 aromatic heterocycles. The number of benzene rings is 7. The zero-order valence-electron chi connectivity index (χ0n) is 69.1. The van der Waals surface area contributed by atoms with Crippen LogP contribution in [0.25, 0.3) is 33.4 Å². The van der Waals surface area contributed by atoms with Crippen molar-refractivity contribution in [3.63, 3.8) is 0 Å². The molecule has 0 unspecified atom stereocenters. The van der Waals surface area contributed by atoms with Gasteiger partial charge in [0.1, 0.15) is 41.3 Å². The highest BCUT2D eigenvalue weighted by molar-refractivity contribution is 6.10. The van der Waals surface area contributed by atoms with Gasteiger partial charge in [-0.15, -0.1) is 0 Å². The quantitative estimate of drug-likeness (QED) is 0.0274. The molecule has 0 spiro atoms. The third-order valence-corrected chi connectivity index (χ3v) is 22.3. The van der Waals surface area contributed by atoms with Crippen LogP contribution < -0.4 is 107 Å². The van der Waals surface area contributed by atoms with Gasteiger partial charge in [0.15, 0.2) is 5.43 Å². The first-order valence-electron chi connectivity index (χ1n) is 41.4. The zero-order chi connectivity index (χ0) is 91.0. The average Bonchev–Trinajstić information content (AvgIpc) is 0.744. The van der Waals surface area contributed by atoms with E-state index < -0.39 is 139 Å². The number of nitrogens with zero attached hydrogens (tertiary/aromatic N) is 5. The van der Waals surface area contributed by atoms with Gasteiger partial charge < -0.3 is 127 Å². The zero-order valence-corrected chi connectivity index (χ0v) is 69.1. The van der Waals surface area contributed by atoms with E-state index in [0.29, 0.717) is 66.4 Å². The van der Waals surface area contributed by atoms with Crippen molar-refractivity contribution in [1.29, 1.82) is 0 Å². The molecule has 0 saturated carbocycles. The second-order valence-electron chi connectivity index (χ2n) is 31.1. The molecule has 0 bridgehead atoms. The number of carbonyl (C=O) groups is 13. The maximum absolute atomic E-state index is 14.2. The number of anilines is 10. The van der Waals surface area contributed by atoms with Gasteiger partial charge in [-0.1, -0.05) is 18.2 Å². The van der Waals surface area contributed by atoms with E-state index in [1.807, 2.05) is 9.80 Å². The summed E-state index contributed by atoms with van der Waals surface area (Å²) in [5, 5.41) is 78.7. The van der Waals surface area contributed by atoms with E-state index >= 15 is 0 Å². The number of carboxylic acids is 1. The van der Waals surface area contributed by atoms with Gasteiger partial charge in [-0.3, -0.25) is 62.3 Å². The Morgan fingerprint density at radius 2 is 0.961 bits per heavy atom. The summed E-state index contributed by atoms with van der Waals surface area (Å²) in [6.45, 7) is -1.41. The molecule has 6 aliphatic rings. The molecule has 668 valence electrons. The molecule has 0 radical (unpaired) electrons. The topological polar surface area (TPSA) is 639 Å². The molecule has 12 amide bonds. The molecule has 6 heterocycles. The third kappa shape index (κ3) is 22.1. The largest absolute Gasteiger partial charge is 0.508 e. The van der Waals surface area contributed by atoms with Crippen LogP contribution in [0.2, 0.25) is 0 Å². The molecule has 5 aliphatic heterocycles. The number of aliphatic hydroxyl groups excluding tert-OH is 2. The fourth-order valence-electron chi connectivity index (χ4n) is 15.4. The number of aromatic carboxylic acids is 1. The molecule has 13 rings (SSSR count). The van der Waals surface area contributed by atoms with Crippen molar-refractivity contribution in [2.24, 2.45) is 34.8 Å². The van der Waals surface area contributed by atoms with Crippen LogP contribution in [0, 0.1) is 11.8 Å². The summed E-state index contributed by atoms with van der Waals surface area (Å²) >= 11 is 0. The van der Waals surface area contributed by atoms with Crippen molar-refractivity contribution in [1.82, 2.24) is 46.9 Å². The summed E-state index contributed by atoms with van der Waals surface area (Å²) in [5.41, 5.74) is 25.4. The first-order valence-corrected chi connectivity index (χ1v) is 41.4. The Labute approximate surface area is 729 Å². The maximum Gasteiger partial charge on any atom is 0.336 e. The van der Waals surface area contributed by atoms with Gasteiger partial charge in [0.2, 0.25) is 76.9 Å². The predicted molar refractivity (Wildman–Crippen MR) is 470 cm³/mol. The van der Waals surface area contributed by atoms with Crippen LogP contribution in [0.1, 0.15) is 127 Å². The van der Waals surface area contributed by atoms with Crippen LogP contribution in [0.15, 0.2) is 137 Å². The highest BCUT2D eigenvalue weighted by atomic mass is 16.4. The summed E-state index contributed by atoms with van der Waals surface area (Å²) in [4.78, 5) is 208. The van der Waals surface area contributed by atoms with Gasteiger partial charge in [-0.25, -0.2) is 4.79 Å². The number of aromatic nitrogens is 3. The van der Waals surface area contributed by atoms with Crippen LogP contribution in [0.3, 0.4) is 0 Å². The van der Waals surface area contributed by atoms with Crippen molar-refractivity contribution in [3.05, 3.63) is 177 Å². The van der Waals surface area contributed by atoms with E-state index in [1.165, 1.54) is 97.1 Å². The van der Waals surface area contributed by atoms with Crippen LogP contribution in [0.4, 0.5) is 57.7 Å². The Kier molecular flexibility index (Phi) is 29.0. The number of carbonyl (C=O) groups excluding carboxylic acids is 12. The minimum Gasteiger partial charge on any atom is -0.508 e. The standard InChI is InChI=1S/C87H96N22O19/c88-25-3-1-5-63-80(122)101-65-31-46(74(90)116)7-9-48(65)38-92-61-19-12-50(34-59(61)78(120)103-67(42-110)82(124)99-63)96-71(114)40-94-76(118)44-21-27-108(28-22-44)86-105-85(98-52-11-16-55(58(33-52)84(126)127)73-56-17-14-53(112)36-69(56)128-70-37-54(113)15-18-57(70)73)106-87(107-86)109-29-23-45(24-30-109)77(119)95-41-72(115)97-51-13-20-62-60(35-51)79(121)104-68(43-111)83(125)100-64(6-2-4-26-89)81(123)102-66-32-47(75(91)117)8-10-49(66)39-93-62/h7-20,31-37,44-45,63-64,67-68,92-93,110-112H,1-6,21-30,38-43,88-89H2,(H2,90,116)(H2,91,117)(H,94,118)(H,95,119)(H,96,114)(H,97,115)(H,99,124)(H,100,125)(H,101,122)(H,102,123)(H,103,120)(H,104,121)(H,126,127)(H,98,105,106,107)/t63-,64-,67-,68-/m0/s1. The number of phenols is 1. The molecule has 41 nitrogen and oxygen atoms in total. The minimum atomic E-state index is -1.55. The maximum atomic E-state index is 14.2. The molecule has 41 heteroatoms. The number of rotatable bonds is 26. The second-order valence-corrected chi connectivity index (χ2v) is 31.1. The number of hydrogen-bond donors (Lipinski definition) is 21. The molecule has 4 atom stereocenters. The smallest absolute Gasteiger partial charge is 0.336 e. The fraction of sp³-hybridized carbons (Fsp3) is 0.322. The summed E-state index contributed by atoms with van der Waals surface area (Å²) in [5.74, 6) is -10.9. The lowest BCUT2D eigenvalue weighted by atomic mass is 9.90. The fourth-order valence-corrected chi connectivity index (χ4v) is 15.4. The third-order valence-electron chi connectivity index (χ3n) is 22.3. The number of carboxylic acid groups (broad SMARTS) is 1. The Morgan fingerprint density at radius 3 is 1.42 bits per heavy atom. The van der Waals surface area contributed by atoms with Gasteiger partial charge in [0.05, 0.1) is 43.0 Å². The number of nitrogens with one attached hydrogen (secondary N) is 13. The van der Waals surface area contributed by atoms with Crippen LogP contribution in [-0.4, -0.2) is 202 Å². The van der Waals surface area contributed by atoms with Gasteiger partial charge >= 0.3 is 5.97 Å². The van der Waals surface area contributed by atoms with Gasteiger partial charge in [-0.05, 0) is 191 Å². The molecule has 2 fully saturated rings. The van der Waals surface area contributed by atoms with Crippen LogP contribution >= 0.6 is 0 Å². The van der Waals surface area contributed by atoms with Crippen LogP contribution in [-0.2, 0) is 51.4 Å². The van der Waals surface area contributed by atoms with Crippen LogP contribution in [0.5, 0.6) is 5.75 Å². The number of aromatic hydroxyl groups is 1. The number of fused-ring (bicyclic) bond motifs is 6. The Bertz CT molecular complexity index is 5600. The van der Waals surface area contributed by atoms with E-state index in [1.54, 1.807) is 30.3 Å². The molecule has 6 aromatic carbocycles. The summed E-state index contributed by atoms with van der Waals surface area (Å²) in [6.07, 6.45) is 3.08. The van der Waals surface area contributed by atoms with Crippen molar-refractivity contribution in [3.8, 4) is 28.2 Å². The highest BCUT2D eigenvalue weighted by Crippen LogP contribution is 2.43. The lowest BCUT2D eigenvalue weighted by molar-refractivity contribution is -0.128. The Hall–Kier alpha value is -15.2. The molecule has 128 heavy (non-hydrogen) atoms. The van der Waals surface area contributed by atoms with Gasteiger partial charge in [-0.2, -0.15) is 15.0 Å². The van der Waals surface area contributed by atoms with Crippen molar-refractivity contribution >= 4 is 145 Å². The lowest BCUT2D eigenvalue weighted by Crippen LogP contribution is -2.54. The number of nitrogens with two attached hydrogens (primary N) is 4. The number of primary amides is 2. The van der Waals surface area contributed by atoms with E-state index in [-0.39, 0.29) is 191 Å². The van der Waals surface area contributed by atoms with Crippen molar-refractivity contribution in [2.75, 3.05) is 113 Å². The SMILES string of the molecule is NCCCC[C@@H]1NC(=O)[C@H](CO)NC(=O)c2cc(NC(=O)CNC(=O)C3CCN(c4nc(Nc5ccc(-c6c7ccc(=O)cc-7oc7cc(O)ccc67)c(C(=O)O)c5)nc(N5CCC(C(=O)NCC(=O)Nc6ccc7c(c6)C(=O)N[C@@H](CO)C(=O)N[C@@H](CCCCN)C(=O)Nc6cc(C(N)=O)ccc6CN7)CC5)n4)CC3)ccc2NCc2ccc(C(N)=O)cc2NC1=O. The minimum absolute atomic E-state index is 0.0327. The first-order chi connectivity index (χ1) is 61.6. The molecular weight excluding hydrogens is 1660 g/mol. The van der Waals surface area contributed by atoms with E-state index in [2.05, 4.69) is 69.1 Å². The number of hydrogen-bond acceptors (Lipinski definition) is 28. The molecule has 25 N–H and O–H groups in total. The van der Waals surface area contributed by atoms with E-state index in [0.717, 1.165) is 0 Å². The van der Waals surface area contributed by atoms with E-state index in [9.17, 15) is 87.5 Å².